The third-order valence-corrected chi connectivity index (χ3v) is 9.96. The molecule has 0 fully saturated rings. The van der Waals surface area contributed by atoms with Crippen molar-refractivity contribution in [1.82, 2.24) is 0 Å². The summed E-state index contributed by atoms with van der Waals surface area (Å²) in [5.74, 6) is -1.96. The van der Waals surface area contributed by atoms with Crippen LogP contribution in [0.15, 0.2) is 23.3 Å². The van der Waals surface area contributed by atoms with Gasteiger partial charge in [-0.1, -0.05) is 219 Å². The minimum atomic E-state index is -0.981. The fourth-order valence-corrected chi connectivity index (χ4v) is 6.62. The lowest BCUT2D eigenvalue weighted by Crippen LogP contribution is -2.13. The molecular weight excluding hydrogens is 608 g/mol. The maximum absolute atomic E-state index is 11.7. The summed E-state index contributed by atoms with van der Waals surface area (Å²) in [5, 5.41) is 19.1. The van der Waals surface area contributed by atoms with Gasteiger partial charge in [-0.3, -0.25) is 0 Å². The molecule has 2 N–H and O–H groups in total. The number of ether oxygens (including phenoxy) is 1. The molecule has 0 aromatic rings. The summed E-state index contributed by atoms with van der Waals surface area (Å²) in [6.45, 7) is 4.43. The van der Waals surface area contributed by atoms with E-state index < -0.39 is 11.9 Å². The van der Waals surface area contributed by atoms with E-state index in [9.17, 15) is 19.8 Å². The number of aliphatic carboxylic acids is 2. The summed E-state index contributed by atoms with van der Waals surface area (Å²) >= 11 is 0. The van der Waals surface area contributed by atoms with Gasteiger partial charge in [0.2, 0.25) is 0 Å². The Labute approximate surface area is 304 Å². The van der Waals surface area contributed by atoms with Crippen LogP contribution in [0.3, 0.4) is 0 Å². The molecule has 0 unspecified atom stereocenters. The maximum atomic E-state index is 11.7. The molecule has 0 aromatic carbocycles. The van der Waals surface area contributed by atoms with Gasteiger partial charge in [0.15, 0.2) is 0 Å². The molecule has 49 heavy (non-hydrogen) atoms. The second kappa shape index (κ2) is 39.2. The van der Waals surface area contributed by atoms with Crippen LogP contribution in [-0.4, -0.2) is 35.4 Å². The Balaban J connectivity index is 3.81. The van der Waals surface area contributed by atoms with Crippen LogP contribution in [0.1, 0.15) is 232 Å². The molecule has 0 heterocycles. The predicted molar refractivity (Wildman–Crippen MR) is 211 cm³/mol. The molecule has 0 amide bonds. The average molecular weight is 691 g/mol. The van der Waals surface area contributed by atoms with E-state index in [1.54, 1.807) is 12.2 Å². The van der Waals surface area contributed by atoms with Crippen LogP contribution < -0.4 is 0 Å². The fourth-order valence-electron chi connectivity index (χ4n) is 6.62. The summed E-state index contributed by atoms with van der Waals surface area (Å²) in [6.07, 6.45) is 47.2. The smallest absolute Gasteiger partial charge is 0.333 e. The third kappa shape index (κ3) is 36.0. The topological polar surface area (TPSA) is 83.8 Å². The quantitative estimate of drug-likeness (QED) is 0.0494. The fraction of sp³-hybridized carbons (Fsp3) is 0.864. The van der Waals surface area contributed by atoms with E-state index in [4.69, 9.17) is 4.74 Å². The number of hydrogen-bond donors (Lipinski definition) is 2. The number of unbranched alkanes of at least 4 members (excludes halogenated alkanes) is 32. The molecule has 0 bridgehead atoms. The van der Waals surface area contributed by atoms with E-state index in [-0.39, 0.29) is 24.4 Å². The van der Waals surface area contributed by atoms with Crippen molar-refractivity contribution in [2.75, 3.05) is 13.2 Å². The van der Waals surface area contributed by atoms with Crippen LogP contribution in [0.25, 0.3) is 0 Å². The van der Waals surface area contributed by atoms with Gasteiger partial charge in [-0.25, -0.2) is 9.59 Å². The highest BCUT2D eigenvalue weighted by atomic mass is 16.5. The van der Waals surface area contributed by atoms with Crippen LogP contribution in [0.5, 0.6) is 0 Å². The molecule has 0 aliphatic carbocycles. The molecule has 0 aliphatic heterocycles. The lowest BCUT2D eigenvalue weighted by atomic mass is 10.0. The van der Waals surface area contributed by atoms with Gasteiger partial charge in [-0.05, 0) is 25.7 Å². The maximum Gasteiger partial charge on any atom is 0.333 e. The monoisotopic (exact) mass is 691 g/mol. The Morgan fingerprint density at radius 2 is 0.571 bits per heavy atom. The summed E-state index contributed by atoms with van der Waals surface area (Å²) in [7, 11) is 0. The van der Waals surface area contributed by atoms with E-state index in [1.165, 1.54) is 180 Å². The van der Waals surface area contributed by atoms with Crippen LogP contribution in [0.4, 0.5) is 0 Å². The van der Waals surface area contributed by atoms with Gasteiger partial charge in [0, 0.05) is 0 Å². The molecule has 5 heteroatoms. The Morgan fingerprint density at radius 3 is 0.776 bits per heavy atom. The minimum Gasteiger partial charge on any atom is -0.478 e. The van der Waals surface area contributed by atoms with Crippen LogP contribution >= 0.6 is 0 Å². The molecular formula is C44H82O5. The van der Waals surface area contributed by atoms with Gasteiger partial charge in [0.05, 0.1) is 24.4 Å². The molecule has 5 nitrogen and oxygen atoms in total. The first-order chi connectivity index (χ1) is 24.0. The van der Waals surface area contributed by atoms with Gasteiger partial charge < -0.3 is 14.9 Å². The zero-order valence-corrected chi connectivity index (χ0v) is 32.7. The second-order valence-electron chi connectivity index (χ2n) is 14.7. The molecule has 0 rings (SSSR count). The molecule has 0 saturated carbocycles. The second-order valence-corrected chi connectivity index (χ2v) is 14.7. The molecule has 0 aliphatic rings. The predicted octanol–water partition coefficient (Wildman–Crippen LogP) is 14.3. The molecule has 0 spiro atoms. The molecule has 0 radical (unpaired) electrons. The largest absolute Gasteiger partial charge is 0.478 e. The first-order valence-corrected chi connectivity index (χ1v) is 21.4. The Hall–Kier alpha value is -1.62. The van der Waals surface area contributed by atoms with Crippen molar-refractivity contribution in [3.05, 3.63) is 23.3 Å². The molecule has 0 saturated heterocycles. The van der Waals surface area contributed by atoms with E-state index >= 15 is 0 Å². The molecule has 0 aromatic heterocycles. The summed E-state index contributed by atoms with van der Waals surface area (Å²) in [6, 6.07) is 0. The molecule has 288 valence electrons. The summed E-state index contributed by atoms with van der Waals surface area (Å²) in [5.41, 5.74) is 0.451. The minimum absolute atomic E-state index is 0.0577. The molecule has 0 atom stereocenters. The van der Waals surface area contributed by atoms with E-state index in [1.807, 2.05) is 0 Å². The van der Waals surface area contributed by atoms with E-state index in [2.05, 4.69) is 13.8 Å². The van der Waals surface area contributed by atoms with Crippen molar-refractivity contribution in [1.29, 1.82) is 0 Å². The normalized spacial score (nSPS) is 12.2. The number of carbonyl (C=O) groups is 2. The van der Waals surface area contributed by atoms with Gasteiger partial charge >= 0.3 is 11.9 Å². The van der Waals surface area contributed by atoms with Crippen molar-refractivity contribution < 1.29 is 24.5 Å². The number of carboxylic acids is 2. The summed E-state index contributed by atoms with van der Waals surface area (Å²) < 4.78 is 5.55. The SMILES string of the molecule is CCCCCCCCCCCCCCCCCCC=C(COCC(=CCCCCCCCCCCCCCCCCCC)C(=O)O)C(=O)O. The highest BCUT2D eigenvalue weighted by molar-refractivity contribution is 5.87. The third-order valence-electron chi connectivity index (χ3n) is 9.96. The van der Waals surface area contributed by atoms with Crippen molar-refractivity contribution in [2.24, 2.45) is 0 Å². The average Bonchev–Trinajstić information content (AvgIpc) is 3.08. The highest BCUT2D eigenvalue weighted by Crippen LogP contribution is 2.16. The highest BCUT2D eigenvalue weighted by Gasteiger charge is 2.11. The Kier molecular flexibility index (Phi) is 37.9. The number of carboxylic acid groups (broad SMARTS) is 2. The van der Waals surface area contributed by atoms with Gasteiger partial charge in [0.25, 0.3) is 0 Å². The van der Waals surface area contributed by atoms with Gasteiger partial charge in [-0.15, -0.1) is 0 Å². The van der Waals surface area contributed by atoms with Crippen molar-refractivity contribution >= 4 is 11.9 Å². The van der Waals surface area contributed by atoms with E-state index in [0.717, 1.165) is 38.5 Å². The van der Waals surface area contributed by atoms with Crippen LogP contribution in [-0.2, 0) is 14.3 Å². The number of hydrogen-bond acceptors (Lipinski definition) is 3. The zero-order valence-electron chi connectivity index (χ0n) is 32.7. The van der Waals surface area contributed by atoms with Crippen molar-refractivity contribution in [2.45, 2.75) is 232 Å². The summed E-state index contributed by atoms with van der Waals surface area (Å²) in [4.78, 5) is 23.4. The van der Waals surface area contributed by atoms with Crippen molar-refractivity contribution in [3.8, 4) is 0 Å². The standard InChI is InChI=1S/C44H82O5/c1-3-5-7-9-11-13-15-17-19-21-23-25-27-29-31-33-35-37-41(43(45)46)39-49-40-42(44(47)48)38-36-34-32-30-28-26-24-22-20-18-16-14-12-10-8-6-4-2/h37-38H,3-36,39-40H2,1-2H3,(H,45,46)(H,47,48). The first kappa shape index (κ1) is 47.4. The van der Waals surface area contributed by atoms with Crippen LogP contribution in [0, 0.1) is 0 Å². The van der Waals surface area contributed by atoms with Crippen molar-refractivity contribution in [3.63, 3.8) is 0 Å². The first-order valence-electron chi connectivity index (χ1n) is 21.4. The lowest BCUT2D eigenvalue weighted by Gasteiger charge is -2.07. The number of rotatable bonds is 40. The van der Waals surface area contributed by atoms with Gasteiger partial charge in [-0.2, -0.15) is 0 Å². The van der Waals surface area contributed by atoms with Crippen LogP contribution in [0.2, 0.25) is 0 Å². The zero-order chi connectivity index (χ0) is 35.9. The number of allylic oxidation sites excluding steroid dienone is 2. The Bertz CT molecular complexity index is 722. The van der Waals surface area contributed by atoms with E-state index in [0.29, 0.717) is 0 Å². The van der Waals surface area contributed by atoms with Gasteiger partial charge in [0.1, 0.15) is 0 Å². The Morgan fingerprint density at radius 1 is 0.367 bits per heavy atom. The lowest BCUT2D eigenvalue weighted by molar-refractivity contribution is -0.133.